The molecular formula is C14H21NO2. The highest BCUT2D eigenvalue weighted by atomic mass is 16.5. The molecule has 0 bridgehead atoms. The van der Waals surface area contributed by atoms with Gasteiger partial charge in [-0.05, 0) is 30.7 Å². The summed E-state index contributed by atoms with van der Waals surface area (Å²) in [5.74, 6) is 0.930. The molecule has 1 aromatic carbocycles. The second kappa shape index (κ2) is 5.32. The molecular weight excluding hydrogens is 214 g/mol. The first kappa shape index (κ1) is 13.7. The van der Waals surface area contributed by atoms with Gasteiger partial charge in [0, 0.05) is 11.1 Å². The van der Waals surface area contributed by atoms with Gasteiger partial charge in [0.05, 0.1) is 13.7 Å². The highest BCUT2D eigenvalue weighted by Gasteiger charge is 2.20. The van der Waals surface area contributed by atoms with Crippen molar-refractivity contribution < 1.29 is 9.53 Å². The van der Waals surface area contributed by atoms with Gasteiger partial charge >= 0.3 is 0 Å². The number of likely N-dealkylation sites (N-methyl/N-ethyl adjacent to an activating group) is 1. The summed E-state index contributed by atoms with van der Waals surface area (Å²) < 4.78 is 5.34. The number of nitrogens with one attached hydrogen (secondary N) is 1. The minimum atomic E-state index is -0.0404. The second-order valence-electron chi connectivity index (χ2n) is 5.12. The van der Waals surface area contributed by atoms with Crippen LogP contribution in [-0.4, -0.2) is 26.5 Å². The Morgan fingerprint density at radius 3 is 2.47 bits per heavy atom. The van der Waals surface area contributed by atoms with E-state index in [9.17, 15) is 4.79 Å². The smallest absolute Gasteiger partial charge is 0.176 e. The van der Waals surface area contributed by atoms with E-state index in [1.54, 1.807) is 14.2 Å². The lowest BCUT2D eigenvalue weighted by Gasteiger charge is -2.22. The van der Waals surface area contributed by atoms with Crippen molar-refractivity contribution in [3.8, 4) is 5.75 Å². The monoisotopic (exact) mass is 235 g/mol. The summed E-state index contributed by atoms with van der Waals surface area (Å²) in [5.41, 5.74) is 1.74. The van der Waals surface area contributed by atoms with E-state index in [0.717, 1.165) is 16.9 Å². The van der Waals surface area contributed by atoms with Gasteiger partial charge in [-0.1, -0.05) is 20.8 Å². The van der Waals surface area contributed by atoms with E-state index in [1.807, 2.05) is 18.2 Å². The van der Waals surface area contributed by atoms with Crippen LogP contribution in [0, 0.1) is 0 Å². The second-order valence-corrected chi connectivity index (χ2v) is 5.12. The molecule has 0 unspecified atom stereocenters. The van der Waals surface area contributed by atoms with Crippen molar-refractivity contribution in [1.29, 1.82) is 0 Å². The van der Waals surface area contributed by atoms with Gasteiger partial charge in [-0.15, -0.1) is 0 Å². The lowest BCUT2D eigenvalue weighted by Crippen LogP contribution is -2.20. The van der Waals surface area contributed by atoms with Crippen LogP contribution >= 0.6 is 0 Å². The van der Waals surface area contributed by atoms with Crippen LogP contribution in [0.25, 0.3) is 0 Å². The van der Waals surface area contributed by atoms with Gasteiger partial charge in [0.1, 0.15) is 5.75 Å². The third-order valence-electron chi connectivity index (χ3n) is 2.67. The molecule has 0 spiro atoms. The number of hydrogen-bond donors (Lipinski definition) is 1. The van der Waals surface area contributed by atoms with Crippen molar-refractivity contribution in [2.24, 2.45) is 0 Å². The number of ether oxygens (including phenoxy) is 1. The molecule has 1 N–H and O–H groups in total. The largest absolute Gasteiger partial charge is 0.496 e. The Hall–Kier alpha value is -1.35. The maximum Gasteiger partial charge on any atom is 0.176 e. The summed E-state index contributed by atoms with van der Waals surface area (Å²) in [6, 6.07) is 5.61. The molecule has 0 heterocycles. The topological polar surface area (TPSA) is 38.3 Å². The summed E-state index contributed by atoms with van der Waals surface area (Å²) in [7, 11) is 3.42. The van der Waals surface area contributed by atoms with Crippen molar-refractivity contribution in [2.45, 2.75) is 26.2 Å². The zero-order valence-corrected chi connectivity index (χ0v) is 11.3. The first-order valence-corrected chi connectivity index (χ1v) is 5.76. The standard InChI is InChI=1S/C14H21NO2/c1-14(2,3)11-8-10(12(16)9-15-4)6-7-13(11)17-5/h6-8,15H,9H2,1-5H3. The Kier molecular flexibility index (Phi) is 4.29. The summed E-state index contributed by atoms with van der Waals surface area (Å²) in [6.07, 6.45) is 0. The molecule has 0 saturated carbocycles. The Labute approximate surface area is 103 Å². The third-order valence-corrected chi connectivity index (χ3v) is 2.67. The summed E-state index contributed by atoms with van der Waals surface area (Å²) >= 11 is 0. The number of ketones is 1. The van der Waals surface area contributed by atoms with Gasteiger partial charge in [-0.2, -0.15) is 0 Å². The SMILES string of the molecule is CNCC(=O)c1ccc(OC)c(C(C)(C)C)c1. The minimum absolute atomic E-state index is 0.0404. The molecule has 17 heavy (non-hydrogen) atoms. The van der Waals surface area contributed by atoms with Crippen LogP contribution in [-0.2, 0) is 5.41 Å². The first-order valence-electron chi connectivity index (χ1n) is 5.76. The molecule has 0 fully saturated rings. The Morgan fingerprint density at radius 1 is 1.35 bits per heavy atom. The zero-order chi connectivity index (χ0) is 13.1. The van der Waals surface area contributed by atoms with Crippen LogP contribution < -0.4 is 10.1 Å². The summed E-state index contributed by atoms with van der Waals surface area (Å²) in [6.45, 7) is 6.68. The number of methoxy groups -OCH3 is 1. The molecule has 1 rings (SSSR count). The van der Waals surface area contributed by atoms with E-state index in [-0.39, 0.29) is 11.2 Å². The lowest BCUT2D eigenvalue weighted by molar-refractivity contribution is 0.0993. The van der Waals surface area contributed by atoms with E-state index in [4.69, 9.17) is 4.74 Å². The fraction of sp³-hybridized carbons (Fsp3) is 0.500. The first-order chi connectivity index (χ1) is 7.90. The normalized spacial score (nSPS) is 11.4. The van der Waals surface area contributed by atoms with Crippen LogP contribution in [0.5, 0.6) is 5.75 Å². The van der Waals surface area contributed by atoms with E-state index in [0.29, 0.717) is 6.54 Å². The van der Waals surface area contributed by atoms with Crippen LogP contribution in [0.4, 0.5) is 0 Å². The van der Waals surface area contributed by atoms with Crippen molar-refractivity contribution >= 4 is 5.78 Å². The average molecular weight is 235 g/mol. The number of carbonyl (C=O) groups is 1. The zero-order valence-electron chi connectivity index (χ0n) is 11.3. The van der Waals surface area contributed by atoms with Crippen LogP contribution in [0.15, 0.2) is 18.2 Å². The number of Topliss-reactive ketones (excluding diaryl/α,β-unsaturated/α-hetero) is 1. The number of carbonyl (C=O) groups excluding carboxylic acids is 1. The molecule has 3 nitrogen and oxygen atoms in total. The van der Waals surface area contributed by atoms with E-state index >= 15 is 0 Å². The molecule has 3 heteroatoms. The number of benzene rings is 1. The molecule has 0 aromatic heterocycles. The molecule has 0 saturated heterocycles. The lowest BCUT2D eigenvalue weighted by atomic mass is 9.85. The van der Waals surface area contributed by atoms with Crippen LogP contribution in [0.2, 0.25) is 0 Å². The van der Waals surface area contributed by atoms with E-state index in [1.165, 1.54) is 0 Å². The third kappa shape index (κ3) is 3.30. The predicted octanol–water partition coefficient (Wildman–Crippen LogP) is 2.39. The molecule has 0 amide bonds. The fourth-order valence-corrected chi connectivity index (χ4v) is 1.73. The molecule has 0 atom stereocenters. The van der Waals surface area contributed by atoms with Crippen LogP contribution in [0.1, 0.15) is 36.7 Å². The maximum atomic E-state index is 11.8. The predicted molar refractivity (Wildman–Crippen MR) is 70.0 cm³/mol. The Bertz CT molecular complexity index is 405. The summed E-state index contributed by atoms with van der Waals surface area (Å²) in [4.78, 5) is 11.8. The number of hydrogen-bond acceptors (Lipinski definition) is 3. The van der Waals surface area contributed by atoms with Gasteiger partial charge in [0.2, 0.25) is 0 Å². The molecule has 1 aromatic rings. The van der Waals surface area contributed by atoms with Gasteiger partial charge < -0.3 is 10.1 Å². The molecule has 0 aliphatic heterocycles. The highest BCUT2D eigenvalue weighted by molar-refractivity contribution is 5.98. The van der Waals surface area contributed by atoms with Crippen LogP contribution in [0.3, 0.4) is 0 Å². The van der Waals surface area contributed by atoms with E-state index in [2.05, 4.69) is 26.1 Å². The van der Waals surface area contributed by atoms with Gasteiger partial charge in [0.25, 0.3) is 0 Å². The molecule has 0 aliphatic carbocycles. The maximum absolute atomic E-state index is 11.8. The minimum Gasteiger partial charge on any atom is -0.496 e. The fourth-order valence-electron chi connectivity index (χ4n) is 1.73. The van der Waals surface area contributed by atoms with Crippen molar-refractivity contribution in [1.82, 2.24) is 5.32 Å². The van der Waals surface area contributed by atoms with Crippen molar-refractivity contribution in [2.75, 3.05) is 20.7 Å². The molecule has 94 valence electrons. The van der Waals surface area contributed by atoms with Gasteiger partial charge in [0.15, 0.2) is 5.78 Å². The average Bonchev–Trinajstić information content (AvgIpc) is 2.27. The van der Waals surface area contributed by atoms with Crippen molar-refractivity contribution in [3.63, 3.8) is 0 Å². The Balaban J connectivity index is 3.18. The summed E-state index contributed by atoms with van der Waals surface area (Å²) in [5, 5.41) is 2.87. The van der Waals surface area contributed by atoms with Gasteiger partial charge in [-0.3, -0.25) is 4.79 Å². The quantitative estimate of drug-likeness (QED) is 0.814. The molecule has 0 aliphatic rings. The van der Waals surface area contributed by atoms with Gasteiger partial charge in [-0.25, -0.2) is 0 Å². The highest BCUT2D eigenvalue weighted by Crippen LogP contribution is 2.32. The number of rotatable bonds is 4. The molecule has 0 radical (unpaired) electrons. The van der Waals surface area contributed by atoms with Crippen molar-refractivity contribution in [3.05, 3.63) is 29.3 Å². The van der Waals surface area contributed by atoms with E-state index < -0.39 is 0 Å². The Morgan fingerprint density at radius 2 is 2.00 bits per heavy atom.